The summed E-state index contributed by atoms with van der Waals surface area (Å²) in [7, 11) is 1.60. The number of nitrogens with zero attached hydrogens (tertiary/aromatic N) is 1. The smallest absolute Gasteiger partial charge is 0.256 e. The zero-order valence-electron chi connectivity index (χ0n) is 11.3. The Hall–Kier alpha value is -2.30. The van der Waals surface area contributed by atoms with Crippen molar-refractivity contribution in [2.45, 2.75) is 19.8 Å². The van der Waals surface area contributed by atoms with Crippen LogP contribution < -0.4 is 10.6 Å². The van der Waals surface area contributed by atoms with Crippen molar-refractivity contribution in [3.05, 3.63) is 41.6 Å². The summed E-state index contributed by atoms with van der Waals surface area (Å²) in [6.45, 7) is 4.29. The number of amides is 1. The Morgan fingerprint density at radius 3 is 2.84 bits per heavy atom. The number of H-pyrrole nitrogens is 1. The van der Waals surface area contributed by atoms with Gasteiger partial charge in [0.05, 0.1) is 6.20 Å². The van der Waals surface area contributed by atoms with E-state index in [2.05, 4.69) is 46.8 Å². The van der Waals surface area contributed by atoms with Gasteiger partial charge < -0.3 is 10.6 Å². The number of carbonyl (C=O) groups is 1. The van der Waals surface area contributed by atoms with Crippen molar-refractivity contribution in [2.24, 2.45) is 0 Å². The number of nitrogens with one attached hydrogen (secondary N) is 3. The van der Waals surface area contributed by atoms with E-state index in [9.17, 15) is 4.79 Å². The van der Waals surface area contributed by atoms with Crippen LogP contribution in [0.1, 0.15) is 35.7 Å². The van der Waals surface area contributed by atoms with Crippen LogP contribution in [-0.2, 0) is 0 Å². The van der Waals surface area contributed by atoms with E-state index in [1.165, 1.54) is 11.8 Å². The van der Waals surface area contributed by atoms with Crippen molar-refractivity contribution >= 4 is 17.4 Å². The van der Waals surface area contributed by atoms with Gasteiger partial charge in [-0.25, -0.2) is 0 Å². The van der Waals surface area contributed by atoms with E-state index >= 15 is 0 Å². The third kappa shape index (κ3) is 2.93. The molecule has 0 fully saturated rings. The molecule has 1 heterocycles. The molecule has 2 aromatic rings. The second-order valence-corrected chi connectivity index (χ2v) is 4.64. The third-order valence-electron chi connectivity index (χ3n) is 2.93. The Balaban J connectivity index is 2.24. The fraction of sp³-hybridized carbons (Fsp3) is 0.286. The third-order valence-corrected chi connectivity index (χ3v) is 2.93. The minimum absolute atomic E-state index is 0.170. The molecule has 0 saturated heterocycles. The average molecular weight is 258 g/mol. The van der Waals surface area contributed by atoms with Crippen LogP contribution in [0.15, 0.2) is 30.5 Å². The number of rotatable bonds is 4. The van der Waals surface area contributed by atoms with Crippen LogP contribution in [0.4, 0.5) is 11.5 Å². The Kier molecular flexibility index (Phi) is 3.85. The van der Waals surface area contributed by atoms with E-state index < -0.39 is 0 Å². The highest BCUT2D eigenvalue weighted by Gasteiger charge is 2.12. The lowest BCUT2D eigenvalue weighted by molar-refractivity contribution is 0.0964. The molecular formula is C14H18N4O. The molecule has 0 spiro atoms. The van der Waals surface area contributed by atoms with E-state index in [1.54, 1.807) is 7.05 Å². The fourth-order valence-electron chi connectivity index (χ4n) is 1.81. The second kappa shape index (κ2) is 5.56. The summed E-state index contributed by atoms with van der Waals surface area (Å²) in [5.74, 6) is 0.887. The molecule has 0 unspecified atom stereocenters. The standard InChI is InChI=1S/C14H18N4O/c1-9(2)10-5-4-6-11(7-10)17-13-12(8-16-18-13)14(19)15-3/h4-9H,1-3H3,(H,15,19)(H2,16,17,18). The van der Waals surface area contributed by atoms with E-state index in [1.807, 2.05) is 12.1 Å². The number of aromatic nitrogens is 2. The molecule has 1 aromatic heterocycles. The zero-order valence-corrected chi connectivity index (χ0v) is 11.3. The normalized spacial score (nSPS) is 10.5. The summed E-state index contributed by atoms with van der Waals surface area (Å²) in [6.07, 6.45) is 1.51. The van der Waals surface area contributed by atoms with Crippen LogP contribution >= 0.6 is 0 Å². The quantitative estimate of drug-likeness (QED) is 0.789. The molecule has 1 aromatic carbocycles. The molecule has 0 bridgehead atoms. The minimum atomic E-state index is -0.170. The molecule has 0 aliphatic heterocycles. The molecule has 19 heavy (non-hydrogen) atoms. The maximum atomic E-state index is 11.6. The zero-order chi connectivity index (χ0) is 13.8. The lowest BCUT2D eigenvalue weighted by Gasteiger charge is -2.10. The lowest BCUT2D eigenvalue weighted by atomic mass is 10.0. The minimum Gasteiger partial charge on any atom is -0.355 e. The first-order chi connectivity index (χ1) is 9.11. The Morgan fingerprint density at radius 2 is 2.16 bits per heavy atom. The molecule has 100 valence electrons. The number of benzene rings is 1. The predicted molar refractivity (Wildman–Crippen MR) is 75.8 cm³/mol. The van der Waals surface area contributed by atoms with Gasteiger partial charge in [-0.05, 0) is 23.6 Å². The summed E-state index contributed by atoms with van der Waals surface area (Å²) >= 11 is 0. The topological polar surface area (TPSA) is 69.8 Å². The highest BCUT2D eigenvalue weighted by Crippen LogP contribution is 2.22. The molecule has 3 N–H and O–H groups in total. The highest BCUT2D eigenvalue weighted by atomic mass is 16.1. The van der Waals surface area contributed by atoms with Crippen molar-refractivity contribution in [3.63, 3.8) is 0 Å². The average Bonchev–Trinajstić information content (AvgIpc) is 2.86. The molecule has 5 heteroatoms. The van der Waals surface area contributed by atoms with Gasteiger partial charge in [-0.15, -0.1) is 0 Å². The van der Waals surface area contributed by atoms with Crippen molar-refractivity contribution in [3.8, 4) is 0 Å². The number of carbonyl (C=O) groups excluding carboxylic acids is 1. The van der Waals surface area contributed by atoms with Gasteiger partial charge in [-0.3, -0.25) is 9.89 Å². The van der Waals surface area contributed by atoms with Crippen molar-refractivity contribution in [1.29, 1.82) is 0 Å². The Bertz CT molecular complexity index is 574. The molecule has 0 atom stereocenters. The van der Waals surface area contributed by atoms with Crippen LogP contribution in [-0.4, -0.2) is 23.2 Å². The Labute approximate surface area is 112 Å². The van der Waals surface area contributed by atoms with Gasteiger partial charge in [-0.1, -0.05) is 26.0 Å². The summed E-state index contributed by atoms with van der Waals surface area (Å²) in [5.41, 5.74) is 2.67. The summed E-state index contributed by atoms with van der Waals surface area (Å²) < 4.78 is 0. The second-order valence-electron chi connectivity index (χ2n) is 4.64. The van der Waals surface area contributed by atoms with Crippen LogP contribution in [0.25, 0.3) is 0 Å². The first-order valence-electron chi connectivity index (χ1n) is 6.24. The molecule has 0 aliphatic carbocycles. The van der Waals surface area contributed by atoms with Gasteiger partial charge >= 0.3 is 0 Å². The first-order valence-corrected chi connectivity index (χ1v) is 6.24. The van der Waals surface area contributed by atoms with Crippen molar-refractivity contribution < 1.29 is 4.79 Å². The number of aromatic amines is 1. The summed E-state index contributed by atoms with van der Waals surface area (Å²) in [5, 5.41) is 12.5. The maximum Gasteiger partial charge on any atom is 0.256 e. The molecule has 5 nitrogen and oxygen atoms in total. The van der Waals surface area contributed by atoms with Gasteiger partial charge in [0.2, 0.25) is 0 Å². The van der Waals surface area contributed by atoms with E-state index in [0.717, 1.165) is 5.69 Å². The maximum absolute atomic E-state index is 11.6. The monoisotopic (exact) mass is 258 g/mol. The number of anilines is 2. The molecule has 0 saturated carbocycles. The van der Waals surface area contributed by atoms with Crippen molar-refractivity contribution in [2.75, 3.05) is 12.4 Å². The van der Waals surface area contributed by atoms with Gasteiger partial charge in [0, 0.05) is 12.7 Å². The number of hydrogen-bond donors (Lipinski definition) is 3. The highest BCUT2D eigenvalue weighted by molar-refractivity contribution is 5.99. The Morgan fingerprint density at radius 1 is 1.37 bits per heavy atom. The van der Waals surface area contributed by atoms with Crippen LogP contribution in [0, 0.1) is 0 Å². The largest absolute Gasteiger partial charge is 0.355 e. The van der Waals surface area contributed by atoms with E-state index in [4.69, 9.17) is 0 Å². The molecule has 2 rings (SSSR count). The molecule has 1 amide bonds. The van der Waals surface area contributed by atoms with Crippen LogP contribution in [0.2, 0.25) is 0 Å². The fourth-order valence-corrected chi connectivity index (χ4v) is 1.81. The molecule has 0 aliphatic rings. The SMILES string of the molecule is CNC(=O)c1cn[nH]c1Nc1cccc(C(C)C)c1. The van der Waals surface area contributed by atoms with Gasteiger partial charge in [-0.2, -0.15) is 5.10 Å². The number of hydrogen-bond acceptors (Lipinski definition) is 3. The summed E-state index contributed by atoms with van der Waals surface area (Å²) in [4.78, 5) is 11.6. The van der Waals surface area contributed by atoms with Gasteiger partial charge in [0.1, 0.15) is 11.4 Å². The van der Waals surface area contributed by atoms with Crippen molar-refractivity contribution in [1.82, 2.24) is 15.5 Å². The van der Waals surface area contributed by atoms with Crippen LogP contribution in [0.5, 0.6) is 0 Å². The van der Waals surface area contributed by atoms with Gasteiger partial charge in [0.25, 0.3) is 5.91 Å². The summed E-state index contributed by atoms with van der Waals surface area (Å²) in [6, 6.07) is 8.11. The van der Waals surface area contributed by atoms with Gasteiger partial charge in [0.15, 0.2) is 0 Å². The van der Waals surface area contributed by atoms with Crippen LogP contribution in [0.3, 0.4) is 0 Å². The predicted octanol–water partition coefficient (Wildman–Crippen LogP) is 2.64. The lowest BCUT2D eigenvalue weighted by Crippen LogP contribution is -2.18. The molecule has 0 radical (unpaired) electrons. The molecular weight excluding hydrogens is 240 g/mol. The first kappa shape index (κ1) is 13.1. The van der Waals surface area contributed by atoms with E-state index in [0.29, 0.717) is 17.3 Å². The van der Waals surface area contributed by atoms with E-state index in [-0.39, 0.29) is 5.91 Å².